The van der Waals surface area contributed by atoms with E-state index in [-0.39, 0.29) is 12.2 Å². The molecule has 0 bridgehead atoms. The zero-order chi connectivity index (χ0) is 14.3. The number of fused-ring (bicyclic) bond motifs is 1. The average Bonchev–Trinajstić information content (AvgIpc) is 2.94. The summed E-state index contributed by atoms with van der Waals surface area (Å²) in [6, 6.07) is 9.99. The summed E-state index contributed by atoms with van der Waals surface area (Å²) in [6.45, 7) is 1.73. The van der Waals surface area contributed by atoms with Crippen LogP contribution in [0.25, 0.3) is 0 Å². The van der Waals surface area contributed by atoms with Gasteiger partial charge in [0.2, 0.25) is 5.78 Å². The summed E-state index contributed by atoms with van der Waals surface area (Å²) in [5.41, 5.74) is -0.890. The molecule has 0 saturated heterocycles. The van der Waals surface area contributed by atoms with Crippen molar-refractivity contribution < 1.29 is 19.1 Å². The van der Waals surface area contributed by atoms with Crippen LogP contribution < -0.4 is 5.32 Å². The van der Waals surface area contributed by atoms with Crippen molar-refractivity contribution in [2.45, 2.75) is 18.9 Å². The fourth-order valence-electron chi connectivity index (χ4n) is 2.38. The van der Waals surface area contributed by atoms with E-state index in [1.54, 1.807) is 43.3 Å². The van der Waals surface area contributed by atoms with Gasteiger partial charge < -0.3 is 14.8 Å². The van der Waals surface area contributed by atoms with Gasteiger partial charge in [-0.15, -0.1) is 0 Å². The maximum absolute atomic E-state index is 12.1. The molecule has 1 unspecified atom stereocenters. The van der Waals surface area contributed by atoms with Gasteiger partial charge in [0.1, 0.15) is 5.76 Å². The van der Waals surface area contributed by atoms with Crippen LogP contribution in [0.3, 0.4) is 0 Å². The summed E-state index contributed by atoms with van der Waals surface area (Å²) in [5.74, 6) is -0.243. The van der Waals surface area contributed by atoms with Crippen LogP contribution in [0.15, 0.2) is 40.8 Å². The van der Waals surface area contributed by atoms with Crippen LogP contribution in [0.1, 0.15) is 28.3 Å². The third kappa shape index (κ3) is 1.83. The Morgan fingerprint density at radius 3 is 2.75 bits per heavy atom. The van der Waals surface area contributed by atoms with Gasteiger partial charge in [-0.25, -0.2) is 0 Å². The molecular formula is C15H13NO4. The lowest BCUT2D eigenvalue weighted by Gasteiger charge is -2.19. The summed E-state index contributed by atoms with van der Waals surface area (Å²) >= 11 is 0. The van der Waals surface area contributed by atoms with Gasteiger partial charge in [-0.3, -0.25) is 9.59 Å². The minimum atomic E-state index is -1.84. The Hall–Kier alpha value is -2.40. The van der Waals surface area contributed by atoms with Crippen molar-refractivity contribution >= 4 is 17.4 Å². The number of amides is 1. The highest BCUT2D eigenvalue weighted by molar-refractivity contribution is 6.08. The molecule has 2 heterocycles. The van der Waals surface area contributed by atoms with E-state index in [2.05, 4.69) is 5.32 Å². The van der Waals surface area contributed by atoms with Crippen LogP contribution in [-0.2, 0) is 10.4 Å². The monoisotopic (exact) mass is 271 g/mol. The molecule has 20 heavy (non-hydrogen) atoms. The maximum Gasteiger partial charge on any atom is 0.261 e. The highest BCUT2D eigenvalue weighted by Crippen LogP contribution is 2.38. The predicted octanol–water partition coefficient (Wildman–Crippen LogP) is 2.00. The molecule has 5 heteroatoms. The molecule has 1 aromatic heterocycles. The molecule has 0 spiro atoms. The van der Waals surface area contributed by atoms with E-state index < -0.39 is 17.3 Å². The molecule has 2 N–H and O–H groups in total. The lowest BCUT2D eigenvalue weighted by molar-refractivity contribution is -0.133. The van der Waals surface area contributed by atoms with Crippen LogP contribution in [0.2, 0.25) is 0 Å². The van der Waals surface area contributed by atoms with Crippen molar-refractivity contribution in [3.8, 4) is 0 Å². The first-order valence-corrected chi connectivity index (χ1v) is 6.24. The first-order chi connectivity index (χ1) is 9.50. The summed E-state index contributed by atoms with van der Waals surface area (Å²) in [7, 11) is 0. The van der Waals surface area contributed by atoms with Gasteiger partial charge in [-0.2, -0.15) is 0 Å². The minimum Gasteiger partial charge on any atom is -0.458 e. The van der Waals surface area contributed by atoms with Crippen LogP contribution >= 0.6 is 0 Å². The highest BCUT2D eigenvalue weighted by atomic mass is 16.3. The smallest absolute Gasteiger partial charge is 0.261 e. The quantitative estimate of drug-likeness (QED) is 0.837. The SMILES string of the molecule is Cc1ccc(C(=O)CC2(O)C(=O)Nc3ccccc32)o1. The standard InChI is InChI=1S/C15H13NO4/c1-9-6-7-13(20-9)12(17)8-15(19)10-4-2-3-5-11(10)16-14(15)18/h2-7,19H,8H2,1H3,(H,16,18). The molecule has 0 fully saturated rings. The fourth-order valence-corrected chi connectivity index (χ4v) is 2.38. The Kier molecular flexibility index (Phi) is 2.72. The summed E-state index contributed by atoms with van der Waals surface area (Å²) in [5, 5.41) is 13.2. The zero-order valence-electron chi connectivity index (χ0n) is 10.8. The molecule has 102 valence electrons. The van der Waals surface area contributed by atoms with Crippen molar-refractivity contribution in [3.05, 3.63) is 53.5 Å². The second-order valence-electron chi connectivity index (χ2n) is 4.87. The number of hydrogen-bond donors (Lipinski definition) is 2. The highest BCUT2D eigenvalue weighted by Gasteiger charge is 2.46. The second-order valence-corrected chi connectivity index (χ2v) is 4.87. The number of rotatable bonds is 3. The number of aliphatic hydroxyl groups is 1. The molecule has 1 aliphatic rings. The number of carbonyl (C=O) groups excluding carboxylic acids is 2. The lowest BCUT2D eigenvalue weighted by Crippen LogP contribution is -2.36. The molecule has 0 radical (unpaired) electrons. The van der Waals surface area contributed by atoms with Gasteiger partial charge in [0.05, 0.1) is 6.42 Å². The fraction of sp³-hybridized carbons (Fsp3) is 0.200. The summed E-state index contributed by atoms with van der Waals surface area (Å²) in [4.78, 5) is 24.1. The molecular weight excluding hydrogens is 258 g/mol. The summed E-state index contributed by atoms with van der Waals surface area (Å²) in [6.07, 6.45) is -0.344. The molecule has 5 nitrogen and oxygen atoms in total. The predicted molar refractivity (Wildman–Crippen MR) is 71.4 cm³/mol. The Balaban J connectivity index is 1.93. The Labute approximate surface area is 115 Å². The van der Waals surface area contributed by atoms with E-state index in [0.717, 1.165) is 0 Å². The molecule has 0 saturated carbocycles. The largest absolute Gasteiger partial charge is 0.458 e. The number of ketones is 1. The van der Waals surface area contributed by atoms with E-state index in [1.165, 1.54) is 0 Å². The van der Waals surface area contributed by atoms with Gasteiger partial charge in [0.15, 0.2) is 11.4 Å². The number of furan rings is 1. The topological polar surface area (TPSA) is 79.5 Å². The van der Waals surface area contributed by atoms with Gasteiger partial charge in [0, 0.05) is 11.3 Å². The van der Waals surface area contributed by atoms with Crippen molar-refractivity contribution in [3.63, 3.8) is 0 Å². The summed E-state index contributed by atoms with van der Waals surface area (Å²) < 4.78 is 5.23. The van der Waals surface area contributed by atoms with E-state index >= 15 is 0 Å². The molecule has 0 aliphatic carbocycles. The molecule has 2 aromatic rings. The Bertz CT molecular complexity index is 703. The average molecular weight is 271 g/mol. The van der Waals surface area contributed by atoms with Gasteiger partial charge in [0.25, 0.3) is 5.91 Å². The second kappa shape index (κ2) is 4.31. The van der Waals surface area contributed by atoms with E-state index in [9.17, 15) is 14.7 Å². The number of Topliss-reactive ketones (excluding diaryl/α,β-unsaturated/α-hetero) is 1. The van der Waals surface area contributed by atoms with Crippen molar-refractivity contribution in [1.82, 2.24) is 0 Å². The van der Waals surface area contributed by atoms with Crippen molar-refractivity contribution in [2.75, 3.05) is 5.32 Å². The minimum absolute atomic E-state index is 0.146. The number of benzene rings is 1. The van der Waals surface area contributed by atoms with Gasteiger partial charge in [-0.1, -0.05) is 18.2 Å². The van der Waals surface area contributed by atoms with Crippen LogP contribution in [0.4, 0.5) is 5.69 Å². The Morgan fingerprint density at radius 1 is 1.30 bits per heavy atom. The van der Waals surface area contributed by atoms with E-state index in [1.807, 2.05) is 0 Å². The molecule has 1 aromatic carbocycles. The van der Waals surface area contributed by atoms with E-state index in [4.69, 9.17) is 4.42 Å². The zero-order valence-corrected chi connectivity index (χ0v) is 10.8. The van der Waals surface area contributed by atoms with Crippen LogP contribution in [0.5, 0.6) is 0 Å². The number of para-hydroxylation sites is 1. The van der Waals surface area contributed by atoms with Gasteiger partial charge in [-0.05, 0) is 25.1 Å². The number of anilines is 1. The first kappa shape index (κ1) is 12.6. The third-order valence-corrected chi connectivity index (χ3v) is 3.43. The lowest BCUT2D eigenvalue weighted by atomic mass is 9.89. The van der Waals surface area contributed by atoms with Crippen molar-refractivity contribution in [2.24, 2.45) is 0 Å². The normalized spacial score (nSPS) is 20.6. The number of nitrogens with one attached hydrogen (secondary N) is 1. The number of aryl methyl sites for hydroxylation is 1. The Morgan fingerprint density at radius 2 is 2.05 bits per heavy atom. The van der Waals surface area contributed by atoms with Crippen LogP contribution in [-0.4, -0.2) is 16.8 Å². The molecule has 1 amide bonds. The van der Waals surface area contributed by atoms with Gasteiger partial charge >= 0.3 is 0 Å². The first-order valence-electron chi connectivity index (χ1n) is 6.24. The molecule has 1 atom stereocenters. The number of carbonyl (C=O) groups is 2. The molecule has 1 aliphatic heterocycles. The van der Waals surface area contributed by atoms with Crippen LogP contribution in [0, 0.1) is 6.92 Å². The third-order valence-electron chi connectivity index (χ3n) is 3.43. The molecule has 3 rings (SSSR count). The van der Waals surface area contributed by atoms with E-state index in [0.29, 0.717) is 17.0 Å². The number of hydrogen-bond acceptors (Lipinski definition) is 4. The maximum atomic E-state index is 12.1. The van der Waals surface area contributed by atoms with Crippen molar-refractivity contribution in [1.29, 1.82) is 0 Å².